The van der Waals surface area contributed by atoms with Gasteiger partial charge in [-0.25, -0.2) is 4.98 Å². The van der Waals surface area contributed by atoms with Crippen LogP contribution in [-0.4, -0.2) is 89.8 Å². The lowest BCUT2D eigenvalue weighted by Gasteiger charge is -2.31. The summed E-state index contributed by atoms with van der Waals surface area (Å²) in [5, 5.41) is 15.6. The SMILES string of the molecule is Cc1ncsc1-c1ccc(CN2C[C@H](O)C[C@H]2C(=O)NC(=O)[C@@H](NC(=O)COCCOCCCCCCCl)C(C)(C)C)cc1. The molecule has 1 aliphatic rings. The molecule has 1 aliphatic heterocycles. The Bertz CT molecular complexity index is 1200. The van der Waals surface area contributed by atoms with E-state index < -0.39 is 41.3 Å². The van der Waals surface area contributed by atoms with Crippen molar-refractivity contribution in [1.82, 2.24) is 20.5 Å². The van der Waals surface area contributed by atoms with E-state index in [1.54, 1.807) is 11.3 Å². The number of β-amino-alcohol motifs (C(OH)–C–C–N with tert-alkyl or cyclic N) is 1. The molecule has 2 heterocycles. The van der Waals surface area contributed by atoms with Crippen molar-refractivity contribution in [2.45, 2.75) is 84.5 Å². The molecule has 244 valence electrons. The number of carbonyl (C=O) groups excluding carboxylic acids is 3. The standard InChI is InChI=1S/C32H47ClN4O6S/c1-22-28(44-21-34-22)24-11-9-23(10-12-24)18-37-19-25(38)17-26(37)30(40)36-31(41)29(32(2,3)4)35-27(39)20-43-16-15-42-14-8-6-5-7-13-33/h9-12,21,25-26,29,38H,5-8,13-20H2,1-4H3,(H,35,39)(H,36,40,41)/t25-,26+,29-/m1/s1. The number of imide groups is 1. The van der Waals surface area contributed by atoms with Crippen molar-refractivity contribution in [1.29, 1.82) is 0 Å². The van der Waals surface area contributed by atoms with Crippen LogP contribution in [0.2, 0.25) is 0 Å². The van der Waals surface area contributed by atoms with Crippen molar-refractivity contribution in [3.05, 3.63) is 41.0 Å². The first-order chi connectivity index (χ1) is 21.0. The number of benzene rings is 1. The van der Waals surface area contributed by atoms with E-state index >= 15 is 0 Å². The van der Waals surface area contributed by atoms with Gasteiger partial charge in [0.2, 0.25) is 17.7 Å². The van der Waals surface area contributed by atoms with Crippen molar-refractivity contribution in [2.75, 3.05) is 38.9 Å². The summed E-state index contributed by atoms with van der Waals surface area (Å²) < 4.78 is 10.9. The summed E-state index contributed by atoms with van der Waals surface area (Å²) in [6.45, 7) is 9.21. The maximum Gasteiger partial charge on any atom is 0.249 e. The molecule has 12 heteroatoms. The molecule has 44 heavy (non-hydrogen) atoms. The first-order valence-corrected chi connectivity index (χ1v) is 16.7. The third-order valence-electron chi connectivity index (χ3n) is 7.49. The zero-order valence-electron chi connectivity index (χ0n) is 26.3. The Morgan fingerprint density at radius 2 is 1.80 bits per heavy atom. The maximum atomic E-state index is 13.3. The average Bonchev–Trinajstić information content (AvgIpc) is 3.57. The molecule has 10 nitrogen and oxygen atoms in total. The van der Waals surface area contributed by atoms with Crippen molar-refractivity contribution in [3.63, 3.8) is 0 Å². The van der Waals surface area contributed by atoms with Crippen molar-refractivity contribution < 1.29 is 29.0 Å². The van der Waals surface area contributed by atoms with Gasteiger partial charge in [-0.05, 0) is 42.7 Å². The van der Waals surface area contributed by atoms with E-state index in [0.29, 0.717) is 32.2 Å². The van der Waals surface area contributed by atoms with Crippen LogP contribution in [-0.2, 0) is 30.4 Å². The normalized spacial score (nSPS) is 17.9. The second kappa shape index (κ2) is 17.9. The number of aliphatic hydroxyl groups excluding tert-OH is 1. The van der Waals surface area contributed by atoms with E-state index in [0.717, 1.165) is 47.4 Å². The number of aromatic nitrogens is 1. The molecule has 0 aliphatic carbocycles. The molecule has 0 spiro atoms. The number of thiazole rings is 1. The van der Waals surface area contributed by atoms with Crippen LogP contribution >= 0.6 is 22.9 Å². The third-order valence-corrected chi connectivity index (χ3v) is 8.73. The van der Waals surface area contributed by atoms with Crippen LogP contribution in [0.15, 0.2) is 29.8 Å². The minimum atomic E-state index is -0.964. The molecule has 1 aromatic heterocycles. The summed E-state index contributed by atoms with van der Waals surface area (Å²) >= 11 is 7.26. The lowest BCUT2D eigenvalue weighted by molar-refractivity contribution is -0.139. The molecule has 1 saturated heterocycles. The minimum absolute atomic E-state index is 0.215. The van der Waals surface area contributed by atoms with Crippen LogP contribution in [0.5, 0.6) is 0 Å². The second-order valence-electron chi connectivity index (χ2n) is 12.3. The van der Waals surface area contributed by atoms with Crippen LogP contribution in [0.3, 0.4) is 0 Å². The zero-order valence-corrected chi connectivity index (χ0v) is 27.8. The summed E-state index contributed by atoms with van der Waals surface area (Å²) in [6, 6.07) is 6.42. The summed E-state index contributed by atoms with van der Waals surface area (Å²) in [4.78, 5) is 46.5. The summed E-state index contributed by atoms with van der Waals surface area (Å²) in [7, 11) is 0. The monoisotopic (exact) mass is 650 g/mol. The lowest BCUT2D eigenvalue weighted by Crippen LogP contribution is -2.57. The number of amides is 3. The van der Waals surface area contributed by atoms with Gasteiger partial charge in [-0.2, -0.15) is 0 Å². The van der Waals surface area contributed by atoms with Gasteiger partial charge in [0.15, 0.2) is 0 Å². The van der Waals surface area contributed by atoms with Gasteiger partial charge in [-0.3, -0.25) is 24.6 Å². The number of hydrogen-bond acceptors (Lipinski definition) is 9. The number of ether oxygens (including phenoxy) is 2. The number of nitrogens with zero attached hydrogens (tertiary/aromatic N) is 2. The highest BCUT2D eigenvalue weighted by Crippen LogP contribution is 2.28. The highest BCUT2D eigenvalue weighted by atomic mass is 35.5. The van der Waals surface area contributed by atoms with E-state index in [-0.39, 0.29) is 19.6 Å². The van der Waals surface area contributed by atoms with Crippen LogP contribution in [0, 0.1) is 12.3 Å². The smallest absolute Gasteiger partial charge is 0.249 e. The predicted octanol–water partition coefficient (Wildman–Crippen LogP) is 4.06. The number of hydrogen-bond donors (Lipinski definition) is 3. The number of aryl methyl sites for hydroxylation is 1. The molecular formula is C32H47ClN4O6S. The van der Waals surface area contributed by atoms with Gasteiger partial charge in [-0.1, -0.05) is 57.9 Å². The molecule has 2 aromatic rings. The molecule has 3 rings (SSSR count). The fourth-order valence-corrected chi connectivity index (χ4v) is 6.09. The average molecular weight is 651 g/mol. The third kappa shape index (κ3) is 11.5. The highest BCUT2D eigenvalue weighted by molar-refractivity contribution is 7.13. The van der Waals surface area contributed by atoms with Crippen LogP contribution < -0.4 is 10.6 Å². The highest BCUT2D eigenvalue weighted by Gasteiger charge is 2.39. The molecular weight excluding hydrogens is 604 g/mol. The van der Waals surface area contributed by atoms with Crippen LogP contribution in [0.1, 0.15) is 64.1 Å². The molecule has 3 atom stereocenters. The lowest BCUT2D eigenvalue weighted by atomic mass is 9.86. The van der Waals surface area contributed by atoms with E-state index in [9.17, 15) is 19.5 Å². The number of halogens is 1. The Hall–Kier alpha value is -2.41. The quantitative estimate of drug-likeness (QED) is 0.173. The van der Waals surface area contributed by atoms with Gasteiger partial charge in [-0.15, -0.1) is 22.9 Å². The number of carbonyl (C=O) groups is 3. The van der Waals surface area contributed by atoms with Crippen molar-refractivity contribution >= 4 is 40.7 Å². The molecule has 3 amide bonds. The maximum absolute atomic E-state index is 13.3. The number of alkyl halides is 1. The van der Waals surface area contributed by atoms with Crippen LogP contribution in [0.4, 0.5) is 0 Å². The number of aliphatic hydroxyl groups is 1. The molecule has 1 aromatic carbocycles. The van der Waals surface area contributed by atoms with Gasteiger partial charge in [0, 0.05) is 25.6 Å². The zero-order chi connectivity index (χ0) is 32.1. The molecule has 0 unspecified atom stereocenters. The fourth-order valence-electron chi connectivity index (χ4n) is 5.09. The molecule has 1 fully saturated rings. The second-order valence-corrected chi connectivity index (χ2v) is 13.5. The van der Waals surface area contributed by atoms with E-state index in [1.165, 1.54) is 0 Å². The Labute approximate surface area is 269 Å². The Morgan fingerprint density at radius 3 is 2.45 bits per heavy atom. The van der Waals surface area contributed by atoms with Crippen LogP contribution in [0.25, 0.3) is 10.4 Å². The summed E-state index contributed by atoms with van der Waals surface area (Å²) in [5.74, 6) is -0.871. The van der Waals surface area contributed by atoms with Gasteiger partial charge >= 0.3 is 0 Å². The summed E-state index contributed by atoms with van der Waals surface area (Å²) in [5.41, 5.74) is 4.20. The van der Waals surface area contributed by atoms with Crippen molar-refractivity contribution in [3.8, 4) is 10.4 Å². The topological polar surface area (TPSA) is 130 Å². The number of likely N-dealkylation sites (tertiary alicyclic amines) is 1. The molecule has 3 N–H and O–H groups in total. The Morgan fingerprint density at radius 1 is 1.09 bits per heavy atom. The summed E-state index contributed by atoms with van der Waals surface area (Å²) in [6.07, 6.45) is 3.64. The Balaban J connectivity index is 1.48. The van der Waals surface area contributed by atoms with E-state index in [2.05, 4.69) is 15.6 Å². The van der Waals surface area contributed by atoms with Crippen molar-refractivity contribution in [2.24, 2.45) is 5.41 Å². The van der Waals surface area contributed by atoms with E-state index in [4.69, 9.17) is 21.1 Å². The minimum Gasteiger partial charge on any atom is -0.392 e. The Kier molecular flexibility index (Phi) is 14.7. The largest absolute Gasteiger partial charge is 0.392 e. The first kappa shape index (κ1) is 36.1. The molecule has 0 radical (unpaired) electrons. The number of unbranched alkanes of at least 4 members (excludes halogenated alkanes) is 3. The number of nitrogens with one attached hydrogen (secondary N) is 2. The molecule has 0 bridgehead atoms. The predicted molar refractivity (Wildman–Crippen MR) is 172 cm³/mol. The van der Waals surface area contributed by atoms with E-state index in [1.807, 2.05) is 62.4 Å². The number of rotatable bonds is 17. The van der Waals surface area contributed by atoms with Gasteiger partial charge in [0.1, 0.15) is 12.6 Å². The first-order valence-electron chi connectivity index (χ1n) is 15.3. The fraction of sp³-hybridized carbons (Fsp3) is 0.625. The molecule has 0 saturated carbocycles. The van der Waals surface area contributed by atoms with Gasteiger partial charge in [0.05, 0.1) is 41.4 Å². The van der Waals surface area contributed by atoms with Gasteiger partial charge in [0.25, 0.3) is 0 Å². The van der Waals surface area contributed by atoms with Gasteiger partial charge < -0.3 is 19.9 Å².